The molecule has 0 bridgehead atoms. The molecular formula is C17H22FNO4. The van der Waals surface area contributed by atoms with Crippen LogP contribution in [0.3, 0.4) is 0 Å². The average molecular weight is 323 g/mol. The maximum atomic E-state index is 14.2. The predicted molar refractivity (Wildman–Crippen MR) is 82.6 cm³/mol. The lowest BCUT2D eigenvalue weighted by Crippen LogP contribution is -2.43. The lowest BCUT2D eigenvalue weighted by Gasteiger charge is -2.32. The number of benzene rings is 1. The highest BCUT2D eigenvalue weighted by atomic mass is 19.1. The SMILES string of the molecule is Cc1ccc(F)c(C(C(=O)O)N(C(=O)OC(C)(C)C)C2CC2)c1. The first-order chi connectivity index (χ1) is 10.6. The van der Waals surface area contributed by atoms with Crippen molar-refractivity contribution in [2.45, 2.75) is 58.2 Å². The van der Waals surface area contributed by atoms with Crippen molar-refractivity contribution in [2.24, 2.45) is 0 Å². The second-order valence-corrected chi connectivity index (χ2v) is 6.88. The van der Waals surface area contributed by atoms with Crippen molar-refractivity contribution >= 4 is 12.1 Å². The minimum atomic E-state index is -1.39. The van der Waals surface area contributed by atoms with Crippen LogP contribution in [-0.2, 0) is 9.53 Å². The van der Waals surface area contributed by atoms with Gasteiger partial charge in [0.05, 0.1) is 0 Å². The van der Waals surface area contributed by atoms with E-state index < -0.39 is 29.5 Å². The Morgan fingerprint density at radius 1 is 1.35 bits per heavy atom. The van der Waals surface area contributed by atoms with Gasteiger partial charge in [-0.3, -0.25) is 4.90 Å². The highest BCUT2D eigenvalue weighted by Crippen LogP contribution is 2.37. The molecule has 1 fully saturated rings. The van der Waals surface area contributed by atoms with Crippen molar-refractivity contribution in [3.63, 3.8) is 0 Å². The van der Waals surface area contributed by atoms with Gasteiger partial charge in [-0.15, -0.1) is 0 Å². The molecule has 0 aromatic heterocycles. The first kappa shape index (κ1) is 17.2. The molecule has 1 aliphatic rings. The normalized spacial score (nSPS) is 15.9. The second-order valence-electron chi connectivity index (χ2n) is 6.88. The van der Waals surface area contributed by atoms with Crippen molar-refractivity contribution in [2.75, 3.05) is 0 Å². The summed E-state index contributed by atoms with van der Waals surface area (Å²) < 4.78 is 19.5. The Bertz CT molecular complexity index is 620. The van der Waals surface area contributed by atoms with Gasteiger partial charge in [0.15, 0.2) is 6.04 Å². The van der Waals surface area contributed by atoms with Crippen molar-refractivity contribution in [1.29, 1.82) is 0 Å². The van der Waals surface area contributed by atoms with Crippen molar-refractivity contribution in [1.82, 2.24) is 4.90 Å². The largest absolute Gasteiger partial charge is 0.479 e. The summed E-state index contributed by atoms with van der Waals surface area (Å²) in [6.07, 6.45) is 0.653. The first-order valence-corrected chi connectivity index (χ1v) is 7.60. The van der Waals surface area contributed by atoms with Crippen LogP contribution < -0.4 is 0 Å². The number of carbonyl (C=O) groups is 2. The molecular weight excluding hydrogens is 301 g/mol. The lowest BCUT2D eigenvalue weighted by atomic mass is 10.0. The van der Waals surface area contributed by atoms with Crippen LogP contribution >= 0.6 is 0 Å². The number of halogens is 1. The number of nitrogens with zero attached hydrogens (tertiary/aromatic N) is 1. The van der Waals surface area contributed by atoms with E-state index in [-0.39, 0.29) is 11.6 Å². The summed E-state index contributed by atoms with van der Waals surface area (Å²) >= 11 is 0. The first-order valence-electron chi connectivity index (χ1n) is 7.60. The number of aliphatic carboxylic acids is 1. The molecule has 0 spiro atoms. The van der Waals surface area contributed by atoms with Gasteiger partial charge in [0, 0.05) is 11.6 Å². The number of hydrogen-bond acceptors (Lipinski definition) is 3. The third-order valence-electron chi connectivity index (χ3n) is 3.50. The molecule has 5 nitrogen and oxygen atoms in total. The maximum absolute atomic E-state index is 14.2. The standard InChI is InChI=1S/C17H22FNO4/c1-10-5-8-13(18)12(9-10)14(15(20)21)19(11-6-7-11)16(22)23-17(2,3)4/h5,8-9,11,14H,6-7H2,1-4H3,(H,20,21). The fourth-order valence-corrected chi connectivity index (χ4v) is 2.41. The van der Waals surface area contributed by atoms with Crippen LogP contribution in [0.1, 0.15) is 50.8 Å². The molecule has 6 heteroatoms. The third-order valence-corrected chi connectivity index (χ3v) is 3.50. The summed E-state index contributed by atoms with van der Waals surface area (Å²) in [5.74, 6) is -1.91. The van der Waals surface area contributed by atoms with Crippen LogP contribution in [0.5, 0.6) is 0 Å². The molecule has 23 heavy (non-hydrogen) atoms. The Hall–Kier alpha value is -2.11. The fourth-order valence-electron chi connectivity index (χ4n) is 2.41. The molecule has 2 rings (SSSR count). The molecule has 0 saturated heterocycles. The average Bonchev–Trinajstić information content (AvgIpc) is 3.20. The summed E-state index contributed by atoms with van der Waals surface area (Å²) in [6.45, 7) is 6.87. The number of carbonyl (C=O) groups excluding carboxylic acids is 1. The van der Waals surface area contributed by atoms with E-state index >= 15 is 0 Å². The topological polar surface area (TPSA) is 66.8 Å². The monoisotopic (exact) mass is 323 g/mol. The van der Waals surface area contributed by atoms with E-state index in [1.54, 1.807) is 33.8 Å². The summed E-state index contributed by atoms with van der Waals surface area (Å²) in [5, 5.41) is 9.62. The third kappa shape index (κ3) is 4.21. The molecule has 1 aliphatic carbocycles. The summed E-state index contributed by atoms with van der Waals surface area (Å²) in [5.41, 5.74) is -0.0406. The van der Waals surface area contributed by atoms with E-state index in [4.69, 9.17) is 4.74 Å². The van der Waals surface area contributed by atoms with Gasteiger partial charge in [-0.2, -0.15) is 0 Å². The van der Waals surface area contributed by atoms with Gasteiger partial charge in [0.2, 0.25) is 0 Å². The Kier molecular flexibility index (Phi) is 4.63. The van der Waals surface area contributed by atoms with Crippen LogP contribution in [-0.4, -0.2) is 33.7 Å². The van der Waals surface area contributed by atoms with Gasteiger partial charge in [0.25, 0.3) is 0 Å². The maximum Gasteiger partial charge on any atom is 0.411 e. The summed E-state index contributed by atoms with van der Waals surface area (Å²) in [4.78, 5) is 25.4. The Morgan fingerprint density at radius 2 is 1.96 bits per heavy atom. The second kappa shape index (κ2) is 6.18. The lowest BCUT2D eigenvalue weighted by molar-refractivity contribution is -0.143. The van der Waals surface area contributed by atoms with Gasteiger partial charge >= 0.3 is 12.1 Å². The Balaban J connectivity index is 2.42. The fraction of sp³-hybridized carbons (Fsp3) is 0.529. The van der Waals surface area contributed by atoms with E-state index in [1.165, 1.54) is 12.1 Å². The van der Waals surface area contributed by atoms with Crippen LogP contribution in [0, 0.1) is 12.7 Å². The van der Waals surface area contributed by atoms with E-state index in [2.05, 4.69) is 0 Å². The molecule has 1 N–H and O–H groups in total. The molecule has 1 atom stereocenters. The predicted octanol–water partition coefficient (Wildman–Crippen LogP) is 3.66. The highest BCUT2D eigenvalue weighted by Gasteiger charge is 2.44. The quantitative estimate of drug-likeness (QED) is 0.918. The van der Waals surface area contributed by atoms with Crippen LogP contribution in [0.25, 0.3) is 0 Å². The zero-order valence-corrected chi connectivity index (χ0v) is 13.8. The number of rotatable bonds is 4. The molecule has 126 valence electrons. The number of carboxylic acid groups (broad SMARTS) is 1. The van der Waals surface area contributed by atoms with Crippen LogP contribution in [0.4, 0.5) is 9.18 Å². The Morgan fingerprint density at radius 3 is 2.43 bits per heavy atom. The zero-order valence-electron chi connectivity index (χ0n) is 13.8. The molecule has 0 heterocycles. The zero-order chi connectivity index (χ0) is 17.4. The van der Waals surface area contributed by atoms with E-state index in [0.29, 0.717) is 12.8 Å². The highest BCUT2D eigenvalue weighted by molar-refractivity contribution is 5.82. The minimum absolute atomic E-state index is 0.0183. The van der Waals surface area contributed by atoms with Gasteiger partial charge < -0.3 is 9.84 Å². The van der Waals surface area contributed by atoms with E-state index in [0.717, 1.165) is 10.5 Å². The number of ether oxygens (including phenoxy) is 1. The van der Waals surface area contributed by atoms with Crippen molar-refractivity contribution < 1.29 is 23.8 Å². The molecule has 1 unspecified atom stereocenters. The van der Waals surface area contributed by atoms with Gasteiger partial charge in [-0.1, -0.05) is 17.7 Å². The van der Waals surface area contributed by atoms with Gasteiger partial charge in [-0.25, -0.2) is 14.0 Å². The van der Waals surface area contributed by atoms with Gasteiger partial charge in [0.1, 0.15) is 11.4 Å². The minimum Gasteiger partial charge on any atom is -0.479 e. The summed E-state index contributed by atoms with van der Waals surface area (Å²) in [7, 11) is 0. The van der Waals surface area contributed by atoms with Crippen LogP contribution in [0.15, 0.2) is 18.2 Å². The smallest absolute Gasteiger partial charge is 0.411 e. The number of aryl methyl sites for hydroxylation is 1. The molecule has 1 aromatic carbocycles. The molecule has 1 aromatic rings. The van der Waals surface area contributed by atoms with Crippen LogP contribution in [0.2, 0.25) is 0 Å². The number of hydrogen-bond donors (Lipinski definition) is 1. The van der Waals surface area contributed by atoms with Crippen molar-refractivity contribution in [3.05, 3.63) is 35.1 Å². The summed E-state index contributed by atoms with van der Waals surface area (Å²) in [6, 6.07) is 2.63. The Labute approximate surface area is 135 Å². The molecule has 0 aliphatic heterocycles. The number of carboxylic acids is 1. The van der Waals surface area contributed by atoms with E-state index in [9.17, 15) is 19.1 Å². The van der Waals surface area contributed by atoms with E-state index in [1.807, 2.05) is 0 Å². The molecule has 1 amide bonds. The number of amides is 1. The molecule has 1 saturated carbocycles. The van der Waals surface area contributed by atoms with Gasteiger partial charge in [-0.05, 0) is 46.6 Å². The van der Waals surface area contributed by atoms with Crippen molar-refractivity contribution in [3.8, 4) is 0 Å². The molecule has 0 radical (unpaired) electrons.